The second-order valence-electron chi connectivity index (χ2n) is 3.14. The molecule has 1 aromatic carbocycles. The summed E-state index contributed by atoms with van der Waals surface area (Å²) in [6.45, 7) is 4.78. The molecule has 0 amide bonds. The topological polar surface area (TPSA) is 15.3 Å². The maximum Gasteiger partial charge on any atom is 0.148 e. The Morgan fingerprint density at radius 3 is 3.15 bits per heavy atom. The zero-order valence-corrected chi connectivity index (χ0v) is 7.68. The second kappa shape index (κ2) is 3.24. The Bertz CT molecular complexity index is 312. The highest BCUT2D eigenvalue weighted by Gasteiger charge is 2.17. The Labute approximate surface area is 77.4 Å². The number of benzene rings is 1. The van der Waals surface area contributed by atoms with Gasteiger partial charge in [-0.2, -0.15) is 0 Å². The fraction of sp³-hybridized carbons (Fsp3) is 0.400. The Morgan fingerprint density at radius 2 is 2.38 bits per heavy atom. The molecule has 0 radical (unpaired) electrons. The average molecular weight is 180 g/mol. The lowest BCUT2D eigenvalue weighted by Crippen LogP contribution is -2.34. The molecule has 70 valence electrons. The normalized spacial score (nSPS) is 15.1. The molecular weight excluding hydrogens is 167 g/mol. The van der Waals surface area contributed by atoms with Crippen LogP contribution in [0, 0.1) is 5.82 Å². The van der Waals surface area contributed by atoms with Gasteiger partial charge in [0.15, 0.2) is 0 Å². The van der Waals surface area contributed by atoms with Gasteiger partial charge in [-0.25, -0.2) is 4.39 Å². The maximum atomic E-state index is 13.3. The van der Waals surface area contributed by atoms with E-state index in [1.54, 1.807) is 6.07 Å². The first-order valence-corrected chi connectivity index (χ1v) is 4.60. The van der Waals surface area contributed by atoms with Crippen molar-refractivity contribution in [3.63, 3.8) is 0 Å². The summed E-state index contributed by atoms with van der Waals surface area (Å²) in [5, 5.41) is 3.08. The van der Waals surface area contributed by atoms with Crippen LogP contribution >= 0.6 is 0 Å². The summed E-state index contributed by atoms with van der Waals surface area (Å²) in [4.78, 5) is 2.18. The van der Waals surface area contributed by atoms with Gasteiger partial charge in [-0.15, -0.1) is 0 Å². The minimum Gasteiger partial charge on any atom is -0.379 e. The van der Waals surface area contributed by atoms with Gasteiger partial charge in [0.25, 0.3) is 0 Å². The Kier molecular flexibility index (Phi) is 2.08. The van der Waals surface area contributed by atoms with Crippen LogP contribution in [0.2, 0.25) is 0 Å². The SMILES string of the molecule is CCN1CCNc2c(F)cccc21. The second-order valence-corrected chi connectivity index (χ2v) is 3.14. The van der Waals surface area contributed by atoms with Crippen molar-refractivity contribution in [2.75, 3.05) is 29.9 Å². The first-order valence-electron chi connectivity index (χ1n) is 4.60. The van der Waals surface area contributed by atoms with E-state index in [4.69, 9.17) is 0 Å². The summed E-state index contributed by atoms with van der Waals surface area (Å²) < 4.78 is 13.3. The zero-order chi connectivity index (χ0) is 9.26. The van der Waals surface area contributed by atoms with Gasteiger partial charge in [0.1, 0.15) is 5.82 Å². The fourth-order valence-corrected chi connectivity index (χ4v) is 1.72. The van der Waals surface area contributed by atoms with Crippen molar-refractivity contribution < 1.29 is 4.39 Å². The van der Waals surface area contributed by atoms with Crippen molar-refractivity contribution in [2.45, 2.75) is 6.92 Å². The molecule has 2 nitrogen and oxygen atoms in total. The van der Waals surface area contributed by atoms with E-state index in [1.807, 2.05) is 6.07 Å². The number of hydrogen-bond donors (Lipinski definition) is 1. The highest BCUT2D eigenvalue weighted by Crippen LogP contribution is 2.30. The van der Waals surface area contributed by atoms with Crippen LogP contribution in [-0.4, -0.2) is 19.6 Å². The molecule has 0 atom stereocenters. The van der Waals surface area contributed by atoms with E-state index in [0.717, 1.165) is 25.3 Å². The van der Waals surface area contributed by atoms with Crippen LogP contribution in [0.15, 0.2) is 18.2 Å². The maximum absolute atomic E-state index is 13.3. The Balaban J connectivity index is 2.45. The average Bonchev–Trinajstić information content (AvgIpc) is 2.18. The number of anilines is 2. The third-order valence-corrected chi connectivity index (χ3v) is 2.40. The van der Waals surface area contributed by atoms with Crippen LogP contribution in [0.5, 0.6) is 0 Å². The van der Waals surface area contributed by atoms with E-state index in [9.17, 15) is 4.39 Å². The van der Waals surface area contributed by atoms with E-state index in [-0.39, 0.29) is 5.82 Å². The summed E-state index contributed by atoms with van der Waals surface area (Å²) in [6.07, 6.45) is 0. The smallest absolute Gasteiger partial charge is 0.148 e. The van der Waals surface area contributed by atoms with E-state index < -0.39 is 0 Å². The van der Waals surface area contributed by atoms with E-state index in [2.05, 4.69) is 17.1 Å². The number of likely N-dealkylation sites (N-methyl/N-ethyl adjacent to an activating group) is 1. The van der Waals surface area contributed by atoms with Gasteiger partial charge in [0.05, 0.1) is 11.4 Å². The molecule has 0 aliphatic carbocycles. The van der Waals surface area contributed by atoms with Gasteiger partial charge in [-0.1, -0.05) is 6.07 Å². The molecule has 0 unspecified atom stereocenters. The van der Waals surface area contributed by atoms with Crippen molar-refractivity contribution in [2.24, 2.45) is 0 Å². The summed E-state index contributed by atoms with van der Waals surface area (Å²) in [5.74, 6) is -0.157. The molecule has 1 aliphatic rings. The molecule has 1 N–H and O–H groups in total. The standard InChI is InChI=1S/C10H13FN2/c1-2-13-7-6-12-10-8(11)4-3-5-9(10)13/h3-5,12H,2,6-7H2,1H3. The summed E-state index contributed by atoms with van der Waals surface area (Å²) >= 11 is 0. The molecule has 0 spiro atoms. The Morgan fingerprint density at radius 1 is 1.54 bits per heavy atom. The van der Waals surface area contributed by atoms with Crippen LogP contribution in [-0.2, 0) is 0 Å². The van der Waals surface area contributed by atoms with Crippen LogP contribution in [0.1, 0.15) is 6.92 Å². The highest BCUT2D eigenvalue weighted by atomic mass is 19.1. The molecule has 0 saturated heterocycles. The zero-order valence-electron chi connectivity index (χ0n) is 7.68. The molecule has 0 aromatic heterocycles. The van der Waals surface area contributed by atoms with Crippen molar-refractivity contribution in [3.05, 3.63) is 24.0 Å². The molecular formula is C10H13FN2. The van der Waals surface area contributed by atoms with Gasteiger partial charge in [-0.05, 0) is 19.1 Å². The fourth-order valence-electron chi connectivity index (χ4n) is 1.72. The van der Waals surface area contributed by atoms with E-state index in [1.165, 1.54) is 6.07 Å². The van der Waals surface area contributed by atoms with Gasteiger partial charge in [0, 0.05) is 19.6 Å². The van der Waals surface area contributed by atoms with Gasteiger partial charge in [0.2, 0.25) is 0 Å². The number of fused-ring (bicyclic) bond motifs is 1. The third kappa shape index (κ3) is 1.34. The lowest BCUT2D eigenvalue weighted by Gasteiger charge is -2.31. The molecule has 1 heterocycles. The predicted octanol–water partition coefficient (Wildman–Crippen LogP) is 2.08. The van der Waals surface area contributed by atoms with Crippen LogP contribution in [0.4, 0.5) is 15.8 Å². The van der Waals surface area contributed by atoms with Crippen molar-refractivity contribution >= 4 is 11.4 Å². The number of rotatable bonds is 1. The van der Waals surface area contributed by atoms with E-state index in [0.29, 0.717) is 5.69 Å². The molecule has 13 heavy (non-hydrogen) atoms. The van der Waals surface area contributed by atoms with Crippen molar-refractivity contribution in [3.8, 4) is 0 Å². The number of para-hydroxylation sites is 1. The third-order valence-electron chi connectivity index (χ3n) is 2.40. The van der Waals surface area contributed by atoms with Gasteiger partial charge in [-0.3, -0.25) is 0 Å². The lowest BCUT2D eigenvalue weighted by atomic mass is 10.2. The highest BCUT2D eigenvalue weighted by molar-refractivity contribution is 5.72. The van der Waals surface area contributed by atoms with E-state index >= 15 is 0 Å². The summed E-state index contributed by atoms with van der Waals surface area (Å²) in [6, 6.07) is 5.20. The predicted molar refractivity (Wildman–Crippen MR) is 52.8 cm³/mol. The van der Waals surface area contributed by atoms with Crippen LogP contribution in [0.25, 0.3) is 0 Å². The molecule has 0 fully saturated rings. The first-order chi connectivity index (χ1) is 6.33. The molecule has 2 rings (SSSR count). The quantitative estimate of drug-likeness (QED) is 0.711. The van der Waals surface area contributed by atoms with Crippen LogP contribution in [0.3, 0.4) is 0 Å². The number of halogens is 1. The Hall–Kier alpha value is -1.25. The summed E-state index contributed by atoms with van der Waals surface area (Å²) in [7, 11) is 0. The van der Waals surface area contributed by atoms with Crippen molar-refractivity contribution in [1.82, 2.24) is 0 Å². The molecule has 1 aromatic rings. The molecule has 1 aliphatic heterocycles. The van der Waals surface area contributed by atoms with Crippen molar-refractivity contribution in [1.29, 1.82) is 0 Å². The van der Waals surface area contributed by atoms with Gasteiger partial charge >= 0.3 is 0 Å². The number of nitrogens with zero attached hydrogens (tertiary/aromatic N) is 1. The largest absolute Gasteiger partial charge is 0.379 e. The lowest BCUT2D eigenvalue weighted by molar-refractivity contribution is 0.626. The molecule has 3 heteroatoms. The summed E-state index contributed by atoms with van der Waals surface area (Å²) in [5.41, 5.74) is 1.63. The van der Waals surface area contributed by atoms with Crippen LogP contribution < -0.4 is 10.2 Å². The molecule has 0 saturated carbocycles. The first kappa shape index (κ1) is 8.35. The minimum absolute atomic E-state index is 0.157. The number of hydrogen-bond acceptors (Lipinski definition) is 2. The minimum atomic E-state index is -0.157. The van der Waals surface area contributed by atoms with Gasteiger partial charge < -0.3 is 10.2 Å². The number of nitrogens with one attached hydrogen (secondary N) is 1. The monoisotopic (exact) mass is 180 g/mol. The molecule has 0 bridgehead atoms.